The van der Waals surface area contributed by atoms with Crippen LogP contribution in [0.5, 0.6) is 0 Å². The Morgan fingerprint density at radius 1 is 1.13 bits per heavy atom. The molecule has 0 bridgehead atoms. The molecule has 158 valence electrons. The van der Waals surface area contributed by atoms with Crippen LogP contribution in [0.15, 0.2) is 57.9 Å². The molecule has 4 heterocycles. The normalized spacial score (nSPS) is 14.9. The van der Waals surface area contributed by atoms with Crippen LogP contribution in [0.3, 0.4) is 0 Å². The van der Waals surface area contributed by atoms with Crippen molar-refractivity contribution in [3.05, 3.63) is 76.4 Å². The molecule has 8 nitrogen and oxygen atoms in total. The minimum absolute atomic E-state index is 0.111. The van der Waals surface area contributed by atoms with E-state index in [9.17, 15) is 14.0 Å². The van der Waals surface area contributed by atoms with Gasteiger partial charge in [0.25, 0.3) is 11.5 Å². The highest BCUT2D eigenvalue weighted by Crippen LogP contribution is 2.24. The lowest BCUT2D eigenvalue weighted by molar-refractivity contribution is 0.0596. The van der Waals surface area contributed by atoms with Crippen LogP contribution >= 0.6 is 11.3 Å². The van der Waals surface area contributed by atoms with Gasteiger partial charge in [-0.05, 0) is 36.4 Å². The highest BCUT2D eigenvalue weighted by atomic mass is 32.1. The van der Waals surface area contributed by atoms with Gasteiger partial charge in [0.1, 0.15) is 10.8 Å². The monoisotopic (exact) mass is 439 g/mol. The summed E-state index contributed by atoms with van der Waals surface area (Å²) in [5.41, 5.74) is 1.14. The fourth-order valence-electron chi connectivity index (χ4n) is 3.54. The maximum atomic E-state index is 13.2. The number of aromatic nitrogens is 3. The number of carbonyl (C=O) groups is 1. The van der Waals surface area contributed by atoms with E-state index in [1.165, 1.54) is 40.3 Å². The molecule has 0 unspecified atom stereocenters. The summed E-state index contributed by atoms with van der Waals surface area (Å²) >= 11 is 1.29. The molecule has 0 aliphatic carbocycles. The van der Waals surface area contributed by atoms with Gasteiger partial charge in [0, 0.05) is 44.4 Å². The molecule has 5 rings (SSSR count). The van der Waals surface area contributed by atoms with E-state index in [1.54, 1.807) is 29.2 Å². The van der Waals surface area contributed by atoms with Crippen molar-refractivity contribution in [2.75, 3.05) is 26.2 Å². The largest absolute Gasteiger partial charge is 0.459 e. The lowest BCUT2D eigenvalue weighted by Gasteiger charge is -2.34. The quantitative estimate of drug-likeness (QED) is 0.486. The molecule has 0 N–H and O–H groups in total. The second-order valence-electron chi connectivity index (χ2n) is 7.24. The molecule has 1 amide bonds. The molecule has 3 aromatic heterocycles. The molecule has 1 saturated heterocycles. The SMILES string of the molecule is O=C(c1ccco1)N1CCN(Cc2cc(=O)n3nc(-c4ccc(F)cc4)sc3n2)CC1. The molecule has 0 radical (unpaired) electrons. The van der Waals surface area contributed by atoms with E-state index in [0.717, 1.165) is 5.56 Å². The summed E-state index contributed by atoms with van der Waals surface area (Å²) in [4.78, 5) is 33.9. The van der Waals surface area contributed by atoms with Crippen LogP contribution in [0.2, 0.25) is 0 Å². The number of fused-ring (bicyclic) bond motifs is 1. The smallest absolute Gasteiger partial charge is 0.289 e. The number of furan rings is 1. The summed E-state index contributed by atoms with van der Waals surface area (Å²) in [6, 6.07) is 10.8. The van der Waals surface area contributed by atoms with Crippen LogP contribution in [0.1, 0.15) is 16.2 Å². The molecule has 10 heteroatoms. The number of hydrogen-bond acceptors (Lipinski definition) is 7. The predicted octanol–water partition coefficient (Wildman–Crippen LogP) is 2.51. The fraction of sp³-hybridized carbons (Fsp3) is 0.238. The van der Waals surface area contributed by atoms with Gasteiger partial charge in [0.15, 0.2) is 5.76 Å². The van der Waals surface area contributed by atoms with Crippen molar-refractivity contribution in [3.8, 4) is 10.6 Å². The van der Waals surface area contributed by atoms with Gasteiger partial charge in [-0.2, -0.15) is 9.61 Å². The molecule has 0 spiro atoms. The van der Waals surface area contributed by atoms with Crippen molar-refractivity contribution >= 4 is 22.2 Å². The van der Waals surface area contributed by atoms with E-state index in [4.69, 9.17) is 4.42 Å². The van der Waals surface area contributed by atoms with Crippen molar-refractivity contribution in [2.45, 2.75) is 6.54 Å². The molecule has 1 aliphatic heterocycles. The predicted molar refractivity (Wildman–Crippen MR) is 112 cm³/mol. The highest BCUT2D eigenvalue weighted by Gasteiger charge is 2.24. The number of benzene rings is 1. The average molecular weight is 439 g/mol. The number of hydrogen-bond donors (Lipinski definition) is 0. The van der Waals surface area contributed by atoms with Gasteiger partial charge in [-0.25, -0.2) is 9.37 Å². The first kappa shape index (κ1) is 19.6. The zero-order valence-electron chi connectivity index (χ0n) is 16.4. The number of halogens is 1. The molecule has 1 aliphatic rings. The van der Waals surface area contributed by atoms with Gasteiger partial charge in [-0.3, -0.25) is 14.5 Å². The first-order valence-electron chi connectivity index (χ1n) is 9.78. The second-order valence-corrected chi connectivity index (χ2v) is 8.20. The summed E-state index contributed by atoms with van der Waals surface area (Å²) in [6.07, 6.45) is 1.49. The third kappa shape index (κ3) is 3.99. The van der Waals surface area contributed by atoms with E-state index >= 15 is 0 Å². The maximum absolute atomic E-state index is 13.2. The van der Waals surface area contributed by atoms with Gasteiger partial charge in [-0.1, -0.05) is 11.3 Å². The minimum Gasteiger partial charge on any atom is -0.459 e. The molecule has 1 aromatic carbocycles. The molecule has 31 heavy (non-hydrogen) atoms. The Morgan fingerprint density at radius 2 is 1.90 bits per heavy atom. The van der Waals surface area contributed by atoms with Crippen molar-refractivity contribution in [3.63, 3.8) is 0 Å². The Balaban J connectivity index is 1.29. The Labute approximate surface area is 180 Å². The van der Waals surface area contributed by atoms with Gasteiger partial charge in [0.05, 0.1) is 12.0 Å². The van der Waals surface area contributed by atoms with Gasteiger partial charge < -0.3 is 9.32 Å². The topological polar surface area (TPSA) is 84.0 Å². The van der Waals surface area contributed by atoms with Crippen LogP contribution in [-0.4, -0.2) is 56.5 Å². The zero-order valence-corrected chi connectivity index (χ0v) is 17.2. The van der Waals surface area contributed by atoms with Crippen LogP contribution in [0.4, 0.5) is 4.39 Å². The Kier molecular flexibility index (Phi) is 5.08. The second kappa shape index (κ2) is 8.05. The molecule has 0 atom stereocenters. The molecular formula is C21H18FN5O3S. The summed E-state index contributed by atoms with van der Waals surface area (Å²) in [6.45, 7) is 3.03. The molecular weight excluding hydrogens is 421 g/mol. The minimum atomic E-state index is -0.326. The maximum Gasteiger partial charge on any atom is 0.289 e. The zero-order chi connectivity index (χ0) is 21.4. The van der Waals surface area contributed by atoms with Gasteiger partial charge >= 0.3 is 0 Å². The Hall–Kier alpha value is -3.37. The third-order valence-electron chi connectivity index (χ3n) is 5.17. The van der Waals surface area contributed by atoms with Crippen molar-refractivity contribution < 1.29 is 13.6 Å². The van der Waals surface area contributed by atoms with E-state index in [2.05, 4.69) is 15.0 Å². The Morgan fingerprint density at radius 3 is 2.61 bits per heavy atom. The number of piperazine rings is 1. The summed E-state index contributed by atoms with van der Waals surface area (Å²) in [7, 11) is 0. The van der Waals surface area contributed by atoms with Crippen LogP contribution < -0.4 is 5.56 Å². The summed E-state index contributed by atoms with van der Waals surface area (Å²) in [5.74, 6) is -0.0930. The van der Waals surface area contributed by atoms with Crippen molar-refractivity contribution in [1.29, 1.82) is 0 Å². The number of amides is 1. The van der Waals surface area contributed by atoms with E-state index < -0.39 is 0 Å². The number of rotatable bonds is 4. The average Bonchev–Trinajstić information content (AvgIpc) is 3.45. The van der Waals surface area contributed by atoms with Crippen LogP contribution in [0, 0.1) is 5.82 Å². The lowest BCUT2D eigenvalue weighted by Crippen LogP contribution is -2.48. The molecule has 0 saturated carbocycles. The number of carbonyl (C=O) groups excluding carboxylic acids is 1. The van der Waals surface area contributed by atoms with Crippen LogP contribution in [-0.2, 0) is 6.54 Å². The van der Waals surface area contributed by atoms with Gasteiger partial charge in [0.2, 0.25) is 4.96 Å². The standard InChI is InChI=1S/C21H18FN5O3S/c22-15-5-3-14(4-6-15)19-24-27-18(28)12-16(23-21(27)31-19)13-25-7-9-26(10-8-25)20(29)17-2-1-11-30-17/h1-6,11-12H,7-10,13H2. The summed E-state index contributed by atoms with van der Waals surface area (Å²) in [5, 5.41) is 4.93. The highest BCUT2D eigenvalue weighted by molar-refractivity contribution is 7.19. The molecule has 1 fully saturated rings. The number of nitrogens with zero attached hydrogens (tertiary/aromatic N) is 5. The van der Waals surface area contributed by atoms with E-state index in [0.29, 0.717) is 54.1 Å². The van der Waals surface area contributed by atoms with Crippen LogP contribution in [0.25, 0.3) is 15.5 Å². The third-order valence-corrected chi connectivity index (χ3v) is 6.12. The Bertz CT molecular complexity index is 1270. The van der Waals surface area contributed by atoms with Gasteiger partial charge in [-0.15, -0.1) is 0 Å². The van der Waals surface area contributed by atoms with Crippen molar-refractivity contribution in [1.82, 2.24) is 24.4 Å². The van der Waals surface area contributed by atoms with Crippen molar-refractivity contribution in [2.24, 2.45) is 0 Å². The van der Waals surface area contributed by atoms with E-state index in [-0.39, 0.29) is 17.3 Å². The first-order chi connectivity index (χ1) is 15.1. The fourth-order valence-corrected chi connectivity index (χ4v) is 4.47. The first-order valence-corrected chi connectivity index (χ1v) is 10.6. The molecule has 4 aromatic rings. The lowest BCUT2D eigenvalue weighted by atomic mass is 10.2. The summed E-state index contributed by atoms with van der Waals surface area (Å²) < 4.78 is 19.6. The van der Waals surface area contributed by atoms with E-state index in [1.807, 2.05) is 0 Å².